The molecule has 0 radical (unpaired) electrons. The van der Waals surface area contributed by atoms with Crippen molar-refractivity contribution in [3.63, 3.8) is 0 Å². The summed E-state index contributed by atoms with van der Waals surface area (Å²) in [5.74, 6) is 0.507. The molecular formula is C9H18N6O2. The van der Waals surface area contributed by atoms with Crippen molar-refractivity contribution < 1.29 is 9.21 Å². The molecule has 0 aliphatic carbocycles. The lowest BCUT2D eigenvalue weighted by atomic mass is 10.4. The van der Waals surface area contributed by atoms with E-state index in [1.54, 1.807) is 14.1 Å². The highest BCUT2D eigenvalue weighted by molar-refractivity contribution is 5.73. The van der Waals surface area contributed by atoms with Crippen LogP contribution >= 0.6 is 0 Å². The Hall–Kier alpha value is -1.83. The van der Waals surface area contributed by atoms with Crippen LogP contribution in [0.4, 0.5) is 10.8 Å². The molecule has 0 saturated heterocycles. The second-order valence-corrected chi connectivity index (χ2v) is 3.59. The topological polar surface area (TPSA) is 109 Å². The molecule has 17 heavy (non-hydrogen) atoms. The largest absolute Gasteiger partial charge is 0.408 e. The predicted octanol–water partition coefficient (Wildman–Crippen LogP) is -0.746. The first-order valence-corrected chi connectivity index (χ1v) is 5.35. The van der Waals surface area contributed by atoms with E-state index in [1.165, 1.54) is 4.90 Å². The van der Waals surface area contributed by atoms with Crippen molar-refractivity contribution in [3.05, 3.63) is 5.89 Å². The van der Waals surface area contributed by atoms with Crippen molar-refractivity contribution in [3.8, 4) is 0 Å². The summed E-state index contributed by atoms with van der Waals surface area (Å²) < 4.78 is 5.24. The third-order valence-corrected chi connectivity index (χ3v) is 1.91. The molecule has 1 aromatic heterocycles. The molecule has 0 spiro atoms. The summed E-state index contributed by atoms with van der Waals surface area (Å²) in [6.45, 7) is 1.47. The third-order valence-electron chi connectivity index (χ3n) is 1.91. The van der Waals surface area contributed by atoms with Crippen LogP contribution < -0.4 is 16.4 Å². The molecule has 0 aliphatic heterocycles. The molecule has 8 nitrogen and oxygen atoms in total. The summed E-state index contributed by atoms with van der Waals surface area (Å²) in [7, 11) is 3.36. The zero-order chi connectivity index (χ0) is 12.7. The maximum atomic E-state index is 11.2. The Morgan fingerprint density at radius 1 is 1.41 bits per heavy atom. The molecule has 2 amide bonds. The van der Waals surface area contributed by atoms with Crippen LogP contribution in [-0.4, -0.2) is 54.9 Å². The quantitative estimate of drug-likeness (QED) is 0.566. The summed E-state index contributed by atoms with van der Waals surface area (Å²) in [6.07, 6.45) is 0.562. The summed E-state index contributed by atoms with van der Waals surface area (Å²) in [5.41, 5.74) is 5.35. The highest BCUT2D eigenvalue weighted by atomic mass is 16.4. The van der Waals surface area contributed by atoms with E-state index in [-0.39, 0.29) is 6.03 Å². The van der Waals surface area contributed by atoms with Crippen LogP contribution in [0, 0.1) is 0 Å². The first-order chi connectivity index (χ1) is 8.13. The van der Waals surface area contributed by atoms with E-state index in [0.29, 0.717) is 38.0 Å². The molecule has 96 valence electrons. The normalized spacial score (nSPS) is 10.1. The van der Waals surface area contributed by atoms with Crippen molar-refractivity contribution in [1.29, 1.82) is 0 Å². The van der Waals surface area contributed by atoms with Gasteiger partial charge in [-0.3, -0.25) is 0 Å². The number of nitrogens with two attached hydrogens (primary N) is 1. The van der Waals surface area contributed by atoms with Gasteiger partial charge in [0.1, 0.15) is 0 Å². The summed E-state index contributed by atoms with van der Waals surface area (Å²) in [5, 5.41) is 13.2. The fourth-order valence-electron chi connectivity index (χ4n) is 1.05. The average Bonchev–Trinajstić information content (AvgIpc) is 2.72. The lowest BCUT2D eigenvalue weighted by Gasteiger charge is -2.11. The van der Waals surface area contributed by atoms with Gasteiger partial charge >= 0.3 is 12.0 Å². The number of carbonyl (C=O) groups is 1. The first-order valence-electron chi connectivity index (χ1n) is 5.35. The molecule has 1 aromatic rings. The van der Waals surface area contributed by atoms with Crippen molar-refractivity contribution in [2.75, 3.05) is 39.0 Å². The van der Waals surface area contributed by atoms with Crippen LogP contribution in [0.3, 0.4) is 0 Å². The van der Waals surface area contributed by atoms with Crippen LogP contribution in [0.1, 0.15) is 5.89 Å². The molecule has 1 heterocycles. The van der Waals surface area contributed by atoms with E-state index in [1.807, 2.05) is 0 Å². The summed E-state index contributed by atoms with van der Waals surface area (Å²) in [4.78, 5) is 12.6. The summed E-state index contributed by atoms with van der Waals surface area (Å²) >= 11 is 0. The molecular weight excluding hydrogens is 224 g/mol. The molecule has 4 N–H and O–H groups in total. The fourth-order valence-corrected chi connectivity index (χ4v) is 1.05. The molecule has 1 rings (SSSR count). The van der Waals surface area contributed by atoms with E-state index >= 15 is 0 Å². The minimum atomic E-state index is -0.138. The number of amides is 2. The minimum Gasteiger partial charge on any atom is -0.408 e. The Labute approximate surface area is 99.5 Å². The highest BCUT2D eigenvalue weighted by Crippen LogP contribution is 2.04. The molecule has 8 heteroatoms. The van der Waals surface area contributed by atoms with Gasteiger partial charge in [-0.1, -0.05) is 5.10 Å². The zero-order valence-corrected chi connectivity index (χ0v) is 10.1. The second-order valence-electron chi connectivity index (χ2n) is 3.59. The van der Waals surface area contributed by atoms with Crippen LogP contribution in [0.2, 0.25) is 0 Å². The number of aromatic nitrogens is 2. The van der Waals surface area contributed by atoms with Crippen molar-refractivity contribution in [2.45, 2.75) is 6.42 Å². The molecule has 0 bridgehead atoms. The highest BCUT2D eigenvalue weighted by Gasteiger charge is 2.05. The smallest absolute Gasteiger partial charge is 0.316 e. The van der Waals surface area contributed by atoms with Crippen LogP contribution in [0.25, 0.3) is 0 Å². The Morgan fingerprint density at radius 2 is 2.18 bits per heavy atom. The second kappa shape index (κ2) is 6.69. The molecule has 0 saturated carbocycles. The number of rotatable bonds is 6. The van der Waals surface area contributed by atoms with Crippen molar-refractivity contribution >= 4 is 12.0 Å². The number of urea groups is 1. The van der Waals surface area contributed by atoms with Gasteiger partial charge in [-0.15, -0.1) is 5.10 Å². The lowest BCUT2D eigenvalue weighted by Crippen LogP contribution is -2.37. The van der Waals surface area contributed by atoms with Gasteiger partial charge < -0.3 is 25.7 Å². The Bertz CT molecular complexity index is 351. The predicted molar refractivity (Wildman–Crippen MR) is 62.6 cm³/mol. The van der Waals surface area contributed by atoms with Gasteiger partial charge in [-0.05, 0) is 0 Å². The number of carbonyl (C=O) groups excluding carboxylic acids is 1. The zero-order valence-electron chi connectivity index (χ0n) is 10.1. The Balaban J connectivity index is 2.19. The van der Waals surface area contributed by atoms with Gasteiger partial charge in [0.25, 0.3) is 0 Å². The van der Waals surface area contributed by atoms with E-state index < -0.39 is 0 Å². The van der Waals surface area contributed by atoms with Gasteiger partial charge in [0, 0.05) is 40.2 Å². The van der Waals surface area contributed by atoms with Crippen LogP contribution in [-0.2, 0) is 6.42 Å². The molecule has 0 aromatic carbocycles. The molecule has 0 fully saturated rings. The summed E-state index contributed by atoms with van der Waals surface area (Å²) in [6, 6.07) is 0.203. The Morgan fingerprint density at radius 3 is 2.82 bits per heavy atom. The molecule has 0 atom stereocenters. The van der Waals surface area contributed by atoms with E-state index in [0.717, 1.165) is 0 Å². The average molecular weight is 242 g/mol. The van der Waals surface area contributed by atoms with Crippen molar-refractivity contribution in [2.24, 2.45) is 5.73 Å². The van der Waals surface area contributed by atoms with Gasteiger partial charge in [-0.25, -0.2) is 4.79 Å². The van der Waals surface area contributed by atoms with Crippen LogP contribution in [0.5, 0.6) is 0 Å². The van der Waals surface area contributed by atoms with Gasteiger partial charge in [-0.2, -0.15) is 0 Å². The first kappa shape index (κ1) is 13.2. The van der Waals surface area contributed by atoms with Gasteiger partial charge in [0.2, 0.25) is 5.89 Å². The SMILES string of the molecule is CN(C)C(=O)NCCNc1nnc(CCN)o1. The molecule has 0 unspecified atom stereocenters. The number of hydrogen-bond donors (Lipinski definition) is 3. The minimum absolute atomic E-state index is 0.138. The maximum absolute atomic E-state index is 11.2. The number of anilines is 1. The van der Waals surface area contributed by atoms with E-state index in [2.05, 4.69) is 20.8 Å². The van der Waals surface area contributed by atoms with Gasteiger partial charge in [0.05, 0.1) is 0 Å². The Kier molecular flexibility index (Phi) is 5.21. The standard InChI is InChI=1S/C9H18N6O2/c1-15(2)9(16)12-6-5-11-8-14-13-7(17-8)3-4-10/h3-6,10H2,1-2H3,(H,11,14)(H,12,16). The number of nitrogens with zero attached hydrogens (tertiary/aromatic N) is 3. The monoisotopic (exact) mass is 242 g/mol. The van der Waals surface area contributed by atoms with Crippen molar-refractivity contribution in [1.82, 2.24) is 20.4 Å². The van der Waals surface area contributed by atoms with E-state index in [4.69, 9.17) is 10.2 Å². The van der Waals surface area contributed by atoms with E-state index in [9.17, 15) is 4.79 Å². The maximum Gasteiger partial charge on any atom is 0.316 e. The lowest BCUT2D eigenvalue weighted by molar-refractivity contribution is 0.218. The molecule has 0 aliphatic rings. The third kappa shape index (κ3) is 4.68. The fraction of sp³-hybridized carbons (Fsp3) is 0.667. The number of nitrogens with one attached hydrogen (secondary N) is 2. The number of hydrogen-bond acceptors (Lipinski definition) is 6. The van der Waals surface area contributed by atoms with Gasteiger partial charge in [0.15, 0.2) is 0 Å². The van der Waals surface area contributed by atoms with Crippen LogP contribution in [0.15, 0.2) is 4.42 Å².